The van der Waals surface area contributed by atoms with Crippen molar-refractivity contribution in [2.24, 2.45) is 0 Å². The number of hydrogen-bond acceptors (Lipinski definition) is 8. The molecule has 0 unspecified atom stereocenters. The van der Waals surface area contributed by atoms with Crippen LogP contribution in [-0.2, 0) is 28.2 Å². The normalized spacial score (nSPS) is 10.3. The third kappa shape index (κ3) is 31.5. The molecule has 0 amide bonds. The maximum Gasteiger partial charge on any atom is 1.00 e. The Kier molecular flexibility index (Phi) is 32.2. The molecule has 0 bridgehead atoms. The van der Waals surface area contributed by atoms with Crippen LogP contribution >= 0.6 is 7.82 Å². The van der Waals surface area contributed by atoms with Crippen molar-refractivity contribution in [2.45, 2.75) is 96.5 Å². The molecule has 0 heterocycles. The van der Waals surface area contributed by atoms with E-state index in [0.717, 1.165) is 19.3 Å². The van der Waals surface area contributed by atoms with Crippen molar-refractivity contribution in [1.82, 2.24) is 0 Å². The average Bonchev–Trinajstić information content (AvgIpc) is 2.83. The molecule has 0 saturated carbocycles. The zero-order chi connectivity index (χ0) is 26.9. The fourth-order valence-electron chi connectivity index (χ4n) is 3.06. The molecule has 0 aliphatic carbocycles. The van der Waals surface area contributed by atoms with E-state index in [1.165, 1.54) is 51.4 Å². The van der Waals surface area contributed by atoms with Crippen LogP contribution < -0.4 is 68.9 Å². The smallest absolute Gasteiger partial charge is 0.790 e. The molecule has 11 heteroatoms. The van der Waals surface area contributed by atoms with Gasteiger partial charge in [0.25, 0.3) is 0 Å². The van der Waals surface area contributed by atoms with E-state index in [-0.39, 0.29) is 65.5 Å². The topological polar surface area (TPSA) is 125 Å². The molecule has 1 atom stereocenters. The van der Waals surface area contributed by atoms with Crippen molar-refractivity contribution >= 4 is 19.8 Å². The van der Waals surface area contributed by atoms with Gasteiger partial charge < -0.3 is 28.3 Å². The van der Waals surface area contributed by atoms with Crippen LogP contribution in [0, 0.1) is 47.9 Å². The number of esters is 2. The van der Waals surface area contributed by atoms with Crippen molar-refractivity contribution in [3.63, 3.8) is 0 Å². The molecule has 0 aromatic carbocycles. The number of rotatable bonds is 19. The van der Waals surface area contributed by atoms with Crippen LogP contribution in [0.2, 0.25) is 0 Å². The van der Waals surface area contributed by atoms with Crippen LogP contribution in [0.25, 0.3) is 0 Å². The second kappa shape index (κ2) is 29.3. The molecule has 0 saturated heterocycles. The predicted molar refractivity (Wildman–Crippen MR) is 132 cm³/mol. The van der Waals surface area contributed by atoms with Gasteiger partial charge in [-0.15, -0.1) is 6.42 Å². The molecular weight excluding hydrogens is 529 g/mol. The zero-order valence-electron chi connectivity index (χ0n) is 23.0. The number of ether oxygens (including phenoxy) is 2. The van der Waals surface area contributed by atoms with Gasteiger partial charge >= 0.3 is 71.1 Å². The van der Waals surface area contributed by atoms with Gasteiger partial charge in [-0.2, -0.15) is 0 Å². The minimum Gasteiger partial charge on any atom is -0.790 e. The number of carbonyl (C=O) groups is 2. The monoisotopic (exact) mass is 564 g/mol. The molecule has 0 aliphatic heterocycles. The summed E-state index contributed by atoms with van der Waals surface area (Å²) in [6, 6.07) is 0. The first-order chi connectivity index (χ1) is 17.3. The van der Waals surface area contributed by atoms with Gasteiger partial charge in [0.2, 0.25) is 0 Å². The summed E-state index contributed by atoms with van der Waals surface area (Å²) in [5.74, 6) is 13.8. The summed E-state index contributed by atoms with van der Waals surface area (Å²) in [6.07, 6.45) is 17.5. The largest absolute Gasteiger partial charge is 1.00 e. The fraction of sp³-hybridized carbons (Fsp3) is 0.630. The number of unbranched alkanes of at least 4 members (excludes halogenated alkanes) is 11. The first kappa shape index (κ1) is 41.8. The summed E-state index contributed by atoms with van der Waals surface area (Å²) in [6.45, 7) is 0.904. The summed E-state index contributed by atoms with van der Waals surface area (Å²) in [4.78, 5) is 45.2. The van der Waals surface area contributed by atoms with Gasteiger partial charge in [-0.25, -0.2) is 4.79 Å². The Bertz CT molecular complexity index is 922. The Balaban J connectivity index is -0.00000612. The Morgan fingerprint density at radius 3 is 1.82 bits per heavy atom. The first-order valence-corrected chi connectivity index (χ1v) is 13.7. The van der Waals surface area contributed by atoms with Crippen molar-refractivity contribution in [2.75, 3.05) is 13.2 Å². The molecular formula is C27H35Na2O8P. The number of phosphoric acid groups is 1. The van der Waals surface area contributed by atoms with Crippen molar-refractivity contribution in [1.29, 1.82) is 0 Å². The van der Waals surface area contributed by atoms with E-state index in [9.17, 15) is 23.9 Å². The molecule has 0 radical (unpaired) electrons. The van der Waals surface area contributed by atoms with Crippen LogP contribution in [0.5, 0.6) is 0 Å². The van der Waals surface area contributed by atoms with Gasteiger partial charge in [0.1, 0.15) is 6.61 Å². The number of carbonyl (C=O) groups excluding carboxylic acids is 2. The molecule has 0 fully saturated rings. The second-order valence-corrected chi connectivity index (χ2v) is 9.14. The number of terminal acetylenes is 1. The summed E-state index contributed by atoms with van der Waals surface area (Å²) in [5, 5.41) is 0. The number of phosphoric ester groups is 1. The van der Waals surface area contributed by atoms with Crippen molar-refractivity contribution in [3.8, 4) is 47.9 Å². The molecule has 198 valence electrons. The second-order valence-electron chi connectivity index (χ2n) is 7.99. The van der Waals surface area contributed by atoms with E-state index in [2.05, 4.69) is 52.9 Å². The van der Waals surface area contributed by atoms with Gasteiger partial charge in [0.05, 0.1) is 14.4 Å². The zero-order valence-corrected chi connectivity index (χ0v) is 27.9. The maximum absolute atomic E-state index is 12.1. The Morgan fingerprint density at radius 1 is 0.789 bits per heavy atom. The van der Waals surface area contributed by atoms with E-state index >= 15 is 0 Å². The standard InChI is InChI=1S/C27H37O8P.2Na/c1-3-5-7-9-11-12-13-14-15-16-18-20-22-27(29)35-25(24-34-36(30,31)32)23-33-26(28)21-19-17-10-8-6-4-2;;/h2,25H,3,5,7,9,11-16,18,20,22-24H2,1H3,(H2,30,31,32);;/q;2*+1/p-2/t25-;;/m1../s1. The summed E-state index contributed by atoms with van der Waals surface area (Å²) in [5.41, 5.74) is 0. The van der Waals surface area contributed by atoms with Crippen LogP contribution in [0.4, 0.5) is 0 Å². The van der Waals surface area contributed by atoms with E-state index < -0.39 is 39.1 Å². The molecule has 0 aromatic heterocycles. The molecule has 38 heavy (non-hydrogen) atoms. The van der Waals surface area contributed by atoms with Gasteiger partial charge in [0.15, 0.2) is 6.10 Å². The van der Waals surface area contributed by atoms with Gasteiger partial charge in [-0.1, -0.05) is 77.6 Å². The maximum atomic E-state index is 12.1. The van der Waals surface area contributed by atoms with E-state index in [0.29, 0.717) is 6.42 Å². The molecule has 0 rings (SSSR count). The van der Waals surface area contributed by atoms with Gasteiger partial charge in [-0.3, -0.25) is 4.79 Å². The Labute approximate surface area is 272 Å². The SMILES string of the molecule is C#CC#CC#CC#CC(=O)OC[C@H](COP(=O)([O-])[O-])OC(=O)CCCCCCCCCCCCCC.[Na+].[Na+]. The van der Waals surface area contributed by atoms with Crippen LogP contribution in [0.3, 0.4) is 0 Å². The summed E-state index contributed by atoms with van der Waals surface area (Å²) < 4.78 is 24.8. The van der Waals surface area contributed by atoms with Gasteiger partial charge in [0, 0.05) is 12.3 Å². The van der Waals surface area contributed by atoms with Crippen LogP contribution in [-0.4, -0.2) is 31.3 Å². The molecule has 0 aromatic rings. The van der Waals surface area contributed by atoms with E-state index in [1.54, 1.807) is 0 Å². The molecule has 0 spiro atoms. The Hall–Kier alpha value is -0.710. The quantitative estimate of drug-likeness (QED) is 0.0407. The van der Waals surface area contributed by atoms with Crippen LogP contribution in [0.1, 0.15) is 90.4 Å². The summed E-state index contributed by atoms with van der Waals surface area (Å²) in [7, 11) is -5.30. The minimum absolute atomic E-state index is 0. The summed E-state index contributed by atoms with van der Waals surface area (Å²) >= 11 is 0. The van der Waals surface area contributed by atoms with Crippen molar-refractivity contribution in [3.05, 3.63) is 0 Å². The first-order valence-electron chi connectivity index (χ1n) is 12.3. The van der Waals surface area contributed by atoms with E-state index in [4.69, 9.17) is 15.9 Å². The predicted octanol–water partition coefficient (Wildman–Crippen LogP) is -2.97. The van der Waals surface area contributed by atoms with Crippen LogP contribution in [0.15, 0.2) is 0 Å². The van der Waals surface area contributed by atoms with Gasteiger partial charge in [-0.05, 0) is 41.9 Å². The number of hydrogen-bond donors (Lipinski definition) is 0. The fourth-order valence-corrected chi connectivity index (χ4v) is 3.41. The molecule has 8 nitrogen and oxygen atoms in total. The third-order valence-electron chi connectivity index (χ3n) is 4.84. The third-order valence-corrected chi connectivity index (χ3v) is 5.30. The Morgan fingerprint density at radius 2 is 1.29 bits per heavy atom. The van der Waals surface area contributed by atoms with Crippen molar-refractivity contribution < 1.29 is 97.1 Å². The molecule has 0 N–H and O–H groups in total. The molecule has 0 aliphatic rings. The average molecular weight is 565 g/mol. The van der Waals surface area contributed by atoms with E-state index in [1.807, 2.05) is 0 Å². The minimum atomic E-state index is -5.30.